The van der Waals surface area contributed by atoms with Crippen LogP contribution >= 0.6 is 22.7 Å². The molecule has 0 amide bonds. The van der Waals surface area contributed by atoms with Gasteiger partial charge in [0, 0.05) is 9.75 Å². The van der Waals surface area contributed by atoms with Gasteiger partial charge < -0.3 is 0 Å². The van der Waals surface area contributed by atoms with Gasteiger partial charge in [-0.1, -0.05) is 76.8 Å². The zero-order chi connectivity index (χ0) is 16.6. The lowest BCUT2D eigenvalue weighted by molar-refractivity contribution is 0.186. The van der Waals surface area contributed by atoms with E-state index in [2.05, 4.69) is 41.9 Å². The smallest absolute Gasteiger partial charge is 0.0822 e. The molecule has 0 aromatic carbocycles. The average molecular weight is 352 g/mol. The van der Waals surface area contributed by atoms with Gasteiger partial charge >= 0.3 is 0 Å². The van der Waals surface area contributed by atoms with Crippen LogP contribution in [0.3, 0.4) is 0 Å². The molecule has 0 aliphatic heterocycles. The Morgan fingerprint density at radius 3 is 1.48 bits per heavy atom. The first kappa shape index (κ1) is 20.4. The summed E-state index contributed by atoms with van der Waals surface area (Å²) in [5.74, 6) is 0. The summed E-state index contributed by atoms with van der Waals surface area (Å²) in [6.07, 6.45) is 13.0. The summed E-state index contributed by atoms with van der Waals surface area (Å²) >= 11 is 3.58. The molecule has 2 aromatic rings. The molecule has 0 fully saturated rings. The number of unbranched alkanes of at least 4 members (excludes halogenated alkanes) is 9. The second-order valence-corrected chi connectivity index (χ2v) is 7.74. The van der Waals surface area contributed by atoms with Crippen LogP contribution in [0.2, 0.25) is 0 Å². The van der Waals surface area contributed by atoms with Crippen molar-refractivity contribution in [1.29, 1.82) is 0 Å². The van der Waals surface area contributed by atoms with Crippen LogP contribution in [0.4, 0.5) is 0 Å². The Morgan fingerprint density at radius 1 is 0.696 bits per heavy atom. The molecular weight excluding hydrogens is 320 g/mol. The Hall–Kier alpha value is -0.640. The Morgan fingerprint density at radius 2 is 1.13 bits per heavy atom. The van der Waals surface area contributed by atoms with Crippen molar-refractivity contribution in [2.24, 2.45) is 0 Å². The Bertz CT molecular complexity index is 392. The van der Waals surface area contributed by atoms with E-state index in [1.54, 1.807) is 22.7 Å². The summed E-state index contributed by atoms with van der Waals surface area (Å²) < 4.78 is 0. The summed E-state index contributed by atoms with van der Waals surface area (Å²) in [4.78, 5) is 2.74. The van der Waals surface area contributed by atoms with Crippen LogP contribution in [0, 0.1) is 0 Å². The fourth-order valence-electron chi connectivity index (χ4n) is 2.43. The van der Waals surface area contributed by atoms with E-state index in [9.17, 15) is 5.11 Å². The SMILES string of the molecule is CCCCCCCCCCCC[O].c1csc(-c2cccs2)c1. The molecule has 0 unspecified atom stereocenters. The fourth-order valence-corrected chi connectivity index (χ4v) is 4.01. The summed E-state index contributed by atoms with van der Waals surface area (Å²) in [5, 5.41) is 14.3. The molecule has 23 heavy (non-hydrogen) atoms. The molecule has 0 spiro atoms. The molecule has 2 heterocycles. The monoisotopic (exact) mass is 351 g/mol. The maximum atomic E-state index is 10.1. The Kier molecular flexibility index (Phi) is 13.2. The van der Waals surface area contributed by atoms with Crippen molar-refractivity contribution in [2.45, 2.75) is 71.1 Å². The van der Waals surface area contributed by atoms with Crippen LogP contribution in [-0.2, 0) is 5.11 Å². The van der Waals surface area contributed by atoms with Gasteiger partial charge in [0.2, 0.25) is 0 Å². The molecule has 0 saturated heterocycles. The molecule has 0 aliphatic carbocycles. The van der Waals surface area contributed by atoms with Crippen molar-refractivity contribution in [3.63, 3.8) is 0 Å². The molecular formula is C20H31OS2. The van der Waals surface area contributed by atoms with E-state index >= 15 is 0 Å². The first-order chi connectivity index (χ1) is 11.4. The van der Waals surface area contributed by atoms with Gasteiger partial charge in [0.15, 0.2) is 0 Å². The maximum Gasteiger partial charge on any atom is 0.0822 e. The van der Waals surface area contributed by atoms with Gasteiger partial charge in [-0.25, -0.2) is 5.11 Å². The van der Waals surface area contributed by atoms with Gasteiger partial charge in [0.25, 0.3) is 0 Å². The topological polar surface area (TPSA) is 19.9 Å². The minimum Gasteiger partial charge on any atom is -0.237 e. The number of thiophene rings is 2. The van der Waals surface area contributed by atoms with Gasteiger partial charge in [-0.15, -0.1) is 22.7 Å². The van der Waals surface area contributed by atoms with Crippen LogP contribution < -0.4 is 0 Å². The molecule has 0 saturated carbocycles. The second-order valence-electron chi connectivity index (χ2n) is 5.84. The summed E-state index contributed by atoms with van der Waals surface area (Å²) in [7, 11) is 0. The molecule has 0 atom stereocenters. The van der Waals surface area contributed by atoms with Gasteiger partial charge in [-0.3, -0.25) is 0 Å². The van der Waals surface area contributed by atoms with Crippen LogP contribution in [-0.4, -0.2) is 6.61 Å². The van der Waals surface area contributed by atoms with Crippen LogP contribution in [0.25, 0.3) is 9.75 Å². The van der Waals surface area contributed by atoms with E-state index in [1.165, 1.54) is 61.1 Å². The molecule has 0 N–H and O–H groups in total. The molecule has 2 aromatic heterocycles. The van der Waals surface area contributed by atoms with E-state index in [1.807, 2.05) is 0 Å². The highest BCUT2D eigenvalue weighted by Gasteiger charge is 1.96. The van der Waals surface area contributed by atoms with E-state index in [4.69, 9.17) is 0 Å². The lowest BCUT2D eigenvalue weighted by atomic mass is 10.1. The first-order valence-corrected chi connectivity index (χ1v) is 10.8. The average Bonchev–Trinajstić information content (AvgIpc) is 3.26. The molecule has 0 bridgehead atoms. The molecule has 129 valence electrons. The quantitative estimate of drug-likeness (QED) is 0.368. The predicted molar refractivity (Wildman–Crippen MR) is 105 cm³/mol. The van der Waals surface area contributed by atoms with Crippen LogP contribution in [0.5, 0.6) is 0 Å². The zero-order valence-electron chi connectivity index (χ0n) is 14.5. The number of rotatable bonds is 11. The van der Waals surface area contributed by atoms with Gasteiger partial charge in [-0.2, -0.15) is 0 Å². The van der Waals surface area contributed by atoms with E-state index in [0.717, 1.165) is 12.8 Å². The largest absolute Gasteiger partial charge is 0.237 e. The van der Waals surface area contributed by atoms with Crippen LogP contribution in [0.1, 0.15) is 71.1 Å². The molecule has 0 aliphatic rings. The minimum absolute atomic E-state index is 0.122. The molecule has 3 heteroatoms. The Balaban J connectivity index is 0.000000235. The summed E-state index contributed by atoms with van der Waals surface area (Å²) in [6.45, 7) is 2.37. The third-order valence-electron chi connectivity index (χ3n) is 3.78. The van der Waals surface area contributed by atoms with Gasteiger partial charge in [0.1, 0.15) is 0 Å². The fraction of sp³-hybridized carbons (Fsp3) is 0.600. The third-order valence-corrected chi connectivity index (χ3v) is 5.72. The van der Waals surface area contributed by atoms with Crippen molar-refractivity contribution >= 4 is 22.7 Å². The predicted octanol–water partition coefficient (Wildman–Crippen LogP) is 7.81. The molecule has 1 nitrogen and oxygen atoms in total. The second kappa shape index (κ2) is 14.9. The van der Waals surface area contributed by atoms with Crippen LogP contribution in [0.15, 0.2) is 35.0 Å². The normalized spacial score (nSPS) is 10.3. The number of hydrogen-bond acceptors (Lipinski definition) is 2. The highest BCUT2D eigenvalue weighted by molar-refractivity contribution is 7.20. The molecule has 2 rings (SSSR count). The lowest BCUT2D eigenvalue weighted by Gasteiger charge is -2.00. The van der Waals surface area contributed by atoms with Crippen molar-refractivity contribution in [2.75, 3.05) is 6.61 Å². The summed E-state index contributed by atoms with van der Waals surface area (Å²) in [5.41, 5.74) is 0. The van der Waals surface area contributed by atoms with Gasteiger partial charge in [-0.05, 0) is 29.3 Å². The highest BCUT2D eigenvalue weighted by atomic mass is 32.1. The lowest BCUT2D eigenvalue weighted by Crippen LogP contribution is -1.83. The number of hydrogen-bond donors (Lipinski definition) is 0. The Labute approximate surface area is 150 Å². The molecule has 1 radical (unpaired) electrons. The summed E-state index contributed by atoms with van der Waals surface area (Å²) in [6, 6.07) is 8.46. The van der Waals surface area contributed by atoms with Crippen molar-refractivity contribution in [3.05, 3.63) is 35.0 Å². The third kappa shape index (κ3) is 10.7. The van der Waals surface area contributed by atoms with Crippen molar-refractivity contribution in [3.8, 4) is 9.75 Å². The maximum absolute atomic E-state index is 10.1. The van der Waals surface area contributed by atoms with E-state index in [-0.39, 0.29) is 6.61 Å². The van der Waals surface area contributed by atoms with Crippen molar-refractivity contribution in [1.82, 2.24) is 0 Å². The minimum atomic E-state index is 0.122. The highest BCUT2D eigenvalue weighted by Crippen LogP contribution is 2.28. The first-order valence-electron chi connectivity index (χ1n) is 9.04. The standard InChI is InChI=1S/C12H25O.C8H6S2/c1-2-3-4-5-6-7-8-9-10-11-12-13;1-3-7(9-5-1)8-4-2-6-10-8/h2-12H2,1H3;1-6H. The van der Waals surface area contributed by atoms with E-state index < -0.39 is 0 Å². The zero-order valence-corrected chi connectivity index (χ0v) is 16.1. The van der Waals surface area contributed by atoms with Gasteiger partial charge in [0.05, 0.1) is 6.61 Å². The van der Waals surface area contributed by atoms with E-state index in [0.29, 0.717) is 0 Å². The van der Waals surface area contributed by atoms with Crippen molar-refractivity contribution < 1.29 is 5.11 Å².